The fourth-order valence-corrected chi connectivity index (χ4v) is 4.16. The third-order valence-electron chi connectivity index (χ3n) is 6.12. The van der Waals surface area contributed by atoms with Crippen LogP contribution in [0.15, 0.2) is 71.8 Å². The minimum absolute atomic E-state index is 0.234. The van der Waals surface area contributed by atoms with Crippen LogP contribution in [0.3, 0.4) is 0 Å². The molecule has 0 fully saturated rings. The normalized spacial score (nSPS) is 14.6. The Hall–Kier alpha value is -4.33. The molecule has 0 aliphatic carbocycles. The number of nitrogens with zero attached hydrogens (tertiary/aromatic N) is 3. The Bertz CT molecular complexity index is 1290. The molecule has 0 spiro atoms. The summed E-state index contributed by atoms with van der Waals surface area (Å²) in [5, 5.41) is 6.22. The molecule has 0 saturated heterocycles. The average molecular weight is 502 g/mol. The van der Waals surface area contributed by atoms with Crippen LogP contribution in [-0.4, -0.2) is 57.3 Å². The van der Waals surface area contributed by atoms with Crippen molar-refractivity contribution in [2.75, 3.05) is 39.3 Å². The molecular formula is C29H31N3O5. The molecule has 0 N–H and O–H groups in total. The average Bonchev–Trinajstić information content (AvgIpc) is 3.38. The van der Waals surface area contributed by atoms with E-state index in [1.165, 1.54) is 5.01 Å². The molecule has 4 rings (SSSR count). The first kappa shape index (κ1) is 25.8. The van der Waals surface area contributed by atoms with Crippen LogP contribution >= 0.6 is 0 Å². The zero-order chi connectivity index (χ0) is 26.4. The van der Waals surface area contributed by atoms with Crippen molar-refractivity contribution in [2.45, 2.75) is 19.4 Å². The summed E-state index contributed by atoms with van der Waals surface area (Å²) in [5.74, 6) is 1.24. The van der Waals surface area contributed by atoms with E-state index in [4.69, 9.17) is 19.3 Å². The maximum Gasteiger partial charge on any atom is 0.281 e. The van der Waals surface area contributed by atoms with Gasteiger partial charge in [-0.25, -0.2) is 5.01 Å². The molecule has 0 bridgehead atoms. The largest absolute Gasteiger partial charge is 0.497 e. The van der Waals surface area contributed by atoms with E-state index in [2.05, 4.69) is 0 Å². The Morgan fingerprint density at radius 3 is 2.51 bits per heavy atom. The first-order chi connectivity index (χ1) is 17.9. The lowest BCUT2D eigenvalue weighted by molar-refractivity contribution is -0.135. The maximum absolute atomic E-state index is 13.4. The third-order valence-corrected chi connectivity index (χ3v) is 6.12. The molecule has 37 heavy (non-hydrogen) atoms. The van der Waals surface area contributed by atoms with Crippen molar-refractivity contribution in [1.82, 2.24) is 5.01 Å². The number of carbonyl (C=O) groups excluding carboxylic acids is 2. The molecule has 0 radical (unpaired) electrons. The Kier molecular flexibility index (Phi) is 8.08. The topological polar surface area (TPSA) is 80.7 Å². The predicted octanol–water partition coefficient (Wildman–Crippen LogP) is 4.73. The maximum atomic E-state index is 13.4. The van der Waals surface area contributed by atoms with Crippen LogP contribution in [0, 0.1) is 0 Å². The molecule has 1 heterocycles. The SMILES string of the molecule is CCOc1cc(C=O)ccc1OCC(=O)N1N=C(c2cccc(OC)c2)CC1c1ccc(N(C)C)cc1. The molecule has 8 nitrogen and oxygen atoms in total. The molecule has 192 valence electrons. The molecule has 1 unspecified atom stereocenters. The lowest BCUT2D eigenvalue weighted by atomic mass is 9.98. The Labute approximate surface area is 217 Å². The fourth-order valence-electron chi connectivity index (χ4n) is 4.16. The zero-order valence-corrected chi connectivity index (χ0v) is 21.5. The lowest BCUT2D eigenvalue weighted by Gasteiger charge is -2.23. The molecule has 1 amide bonds. The molecule has 0 aromatic heterocycles. The zero-order valence-electron chi connectivity index (χ0n) is 21.5. The molecule has 1 aliphatic rings. The number of hydrazone groups is 1. The summed E-state index contributed by atoms with van der Waals surface area (Å²) in [7, 11) is 5.59. The smallest absolute Gasteiger partial charge is 0.281 e. The summed E-state index contributed by atoms with van der Waals surface area (Å²) < 4.78 is 16.8. The summed E-state index contributed by atoms with van der Waals surface area (Å²) in [4.78, 5) is 26.6. The van der Waals surface area contributed by atoms with Gasteiger partial charge in [-0.3, -0.25) is 9.59 Å². The molecule has 8 heteroatoms. The predicted molar refractivity (Wildman–Crippen MR) is 143 cm³/mol. The van der Waals surface area contributed by atoms with Gasteiger partial charge in [-0.2, -0.15) is 5.10 Å². The van der Waals surface area contributed by atoms with Gasteiger partial charge in [-0.05, 0) is 55.0 Å². The van der Waals surface area contributed by atoms with Crippen LogP contribution in [0.4, 0.5) is 5.69 Å². The Morgan fingerprint density at radius 2 is 1.84 bits per heavy atom. The number of ether oxygens (including phenoxy) is 3. The van der Waals surface area contributed by atoms with Crippen molar-refractivity contribution in [3.8, 4) is 17.2 Å². The molecule has 3 aromatic carbocycles. The Balaban J connectivity index is 1.60. The molecule has 3 aromatic rings. The molecular weight excluding hydrogens is 470 g/mol. The van der Waals surface area contributed by atoms with Gasteiger partial charge in [0.05, 0.1) is 25.5 Å². The molecule has 0 saturated carbocycles. The van der Waals surface area contributed by atoms with Gasteiger partial charge in [0.25, 0.3) is 5.91 Å². The van der Waals surface area contributed by atoms with Crippen LogP contribution in [-0.2, 0) is 4.79 Å². The van der Waals surface area contributed by atoms with E-state index in [1.807, 2.05) is 74.4 Å². The van der Waals surface area contributed by atoms with Crippen LogP contribution in [0.1, 0.15) is 40.9 Å². The Morgan fingerprint density at radius 1 is 1.05 bits per heavy atom. The first-order valence-corrected chi connectivity index (χ1v) is 12.1. The number of hydrogen-bond acceptors (Lipinski definition) is 7. The second-order valence-electron chi connectivity index (χ2n) is 8.77. The van der Waals surface area contributed by atoms with E-state index in [0.717, 1.165) is 34.6 Å². The van der Waals surface area contributed by atoms with Crippen LogP contribution < -0.4 is 19.1 Å². The highest BCUT2D eigenvalue weighted by Crippen LogP contribution is 2.35. The number of benzene rings is 3. The van der Waals surface area contributed by atoms with Crippen molar-refractivity contribution in [2.24, 2.45) is 5.10 Å². The van der Waals surface area contributed by atoms with Gasteiger partial charge in [0, 0.05) is 37.3 Å². The van der Waals surface area contributed by atoms with Gasteiger partial charge in [-0.1, -0.05) is 24.3 Å². The van der Waals surface area contributed by atoms with E-state index in [-0.39, 0.29) is 18.6 Å². The van der Waals surface area contributed by atoms with E-state index >= 15 is 0 Å². The summed E-state index contributed by atoms with van der Waals surface area (Å²) in [5.41, 5.74) is 4.20. The molecule has 1 aliphatic heterocycles. The van der Waals surface area contributed by atoms with Crippen molar-refractivity contribution in [3.63, 3.8) is 0 Å². The van der Waals surface area contributed by atoms with Gasteiger partial charge in [-0.15, -0.1) is 0 Å². The number of methoxy groups -OCH3 is 1. The number of anilines is 1. The van der Waals surface area contributed by atoms with Crippen LogP contribution in [0.5, 0.6) is 17.2 Å². The number of amides is 1. The van der Waals surface area contributed by atoms with E-state index in [0.29, 0.717) is 30.1 Å². The van der Waals surface area contributed by atoms with E-state index in [9.17, 15) is 9.59 Å². The highest BCUT2D eigenvalue weighted by atomic mass is 16.5. The quantitative estimate of drug-likeness (QED) is 0.374. The molecule has 1 atom stereocenters. The third kappa shape index (κ3) is 5.91. The number of aldehydes is 1. The van der Waals surface area contributed by atoms with Crippen LogP contribution in [0.2, 0.25) is 0 Å². The summed E-state index contributed by atoms with van der Waals surface area (Å²) in [6.45, 7) is 2.01. The number of carbonyl (C=O) groups is 2. The van der Waals surface area contributed by atoms with Crippen molar-refractivity contribution in [1.29, 1.82) is 0 Å². The van der Waals surface area contributed by atoms with Gasteiger partial charge < -0.3 is 19.1 Å². The lowest BCUT2D eigenvalue weighted by Crippen LogP contribution is -2.31. The second kappa shape index (κ2) is 11.6. The van der Waals surface area contributed by atoms with Crippen molar-refractivity contribution >= 4 is 23.6 Å². The van der Waals surface area contributed by atoms with Crippen molar-refractivity contribution in [3.05, 3.63) is 83.4 Å². The van der Waals surface area contributed by atoms with Crippen LogP contribution in [0.25, 0.3) is 0 Å². The highest BCUT2D eigenvalue weighted by molar-refractivity contribution is 6.03. The monoisotopic (exact) mass is 501 g/mol. The van der Waals surface area contributed by atoms with Gasteiger partial charge in [0.1, 0.15) is 12.0 Å². The minimum atomic E-state index is -0.290. The standard InChI is InChI=1S/C29H31N3O5/c1-5-36-28-15-20(18-33)9-14-27(28)37-19-29(34)32-26(21-10-12-23(13-11-21)31(2)3)17-25(30-32)22-7-6-8-24(16-22)35-4/h6-16,18,26H,5,17,19H2,1-4H3. The van der Waals surface area contributed by atoms with Gasteiger partial charge >= 0.3 is 0 Å². The fraction of sp³-hybridized carbons (Fsp3) is 0.276. The first-order valence-electron chi connectivity index (χ1n) is 12.1. The highest BCUT2D eigenvalue weighted by Gasteiger charge is 2.33. The van der Waals surface area contributed by atoms with E-state index in [1.54, 1.807) is 25.3 Å². The second-order valence-corrected chi connectivity index (χ2v) is 8.77. The van der Waals surface area contributed by atoms with E-state index < -0.39 is 0 Å². The van der Waals surface area contributed by atoms with Gasteiger partial charge in [0.15, 0.2) is 18.1 Å². The summed E-state index contributed by atoms with van der Waals surface area (Å²) >= 11 is 0. The number of hydrogen-bond donors (Lipinski definition) is 0. The van der Waals surface area contributed by atoms with Gasteiger partial charge in [0.2, 0.25) is 0 Å². The number of rotatable bonds is 10. The summed E-state index contributed by atoms with van der Waals surface area (Å²) in [6.07, 6.45) is 1.29. The van der Waals surface area contributed by atoms with Crippen molar-refractivity contribution < 1.29 is 23.8 Å². The minimum Gasteiger partial charge on any atom is -0.497 e. The summed E-state index contributed by atoms with van der Waals surface area (Å²) in [6, 6.07) is 20.3.